The number of benzene rings is 2. The normalized spacial score (nSPS) is 11.4. The molecule has 0 fully saturated rings. The molecule has 0 radical (unpaired) electrons. The molecule has 2 aromatic carbocycles. The van der Waals surface area contributed by atoms with Gasteiger partial charge >= 0.3 is 0 Å². The number of nitrogens with one attached hydrogen (secondary N) is 1. The third-order valence-corrected chi connectivity index (χ3v) is 4.94. The number of rotatable bonds is 7. The smallest absolute Gasteiger partial charge is 0.250 e. The number of hydrogen-bond acceptors (Lipinski definition) is 5. The Bertz CT molecular complexity index is 1000. The lowest BCUT2D eigenvalue weighted by molar-refractivity contribution is -0.118. The van der Waals surface area contributed by atoms with E-state index >= 15 is 0 Å². The Kier molecular flexibility index (Phi) is 7.00. The summed E-state index contributed by atoms with van der Waals surface area (Å²) in [7, 11) is 1.85. The zero-order valence-corrected chi connectivity index (χ0v) is 16.7. The van der Waals surface area contributed by atoms with Crippen LogP contribution in [0, 0.1) is 0 Å². The van der Waals surface area contributed by atoms with Gasteiger partial charge in [-0.3, -0.25) is 4.79 Å². The summed E-state index contributed by atoms with van der Waals surface area (Å²) in [5.74, 6) is 0.650. The molecule has 6 nitrogen and oxygen atoms in total. The number of allylic oxidation sites excluding steroid dienone is 1. The molecule has 0 aliphatic heterocycles. The van der Waals surface area contributed by atoms with Gasteiger partial charge in [0.2, 0.25) is 0 Å². The molecule has 0 aliphatic carbocycles. The number of aromatic nitrogens is 3. The van der Waals surface area contributed by atoms with E-state index < -0.39 is 0 Å². The van der Waals surface area contributed by atoms with Gasteiger partial charge in [0.1, 0.15) is 0 Å². The molecular weight excluding hydrogens is 394 g/mol. The van der Waals surface area contributed by atoms with Crippen LogP contribution >= 0.6 is 23.4 Å². The summed E-state index contributed by atoms with van der Waals surface area (Å²) in [6.07, 6.45) is 5.21. The molecular formula is C20H18ClN5OS. The fraction of sp³-hybridized carbons (Fsp3) is 0.100. The first kappa shape index (κ1) is 19.9. The van der Waals surface area contributed by atoms with Crippen molar-refractivity contribution in [2.24, 2.45) is 12.1 Å². The Hall–Kier alpha value is -2.90. The van der Waals surface area contributed by atoms with E-state index in [1.807, 2.05) is 66.2 Å². The largest absolute Gasteiger partial charge is 0.305 e. The minimum absolute atomic E-state index is 0.182. The third kappa shape index (κ3) is 5.55. The Morgan fingerprint density at radius 1 is 1.21 bits per heavy atom. The molecule has 0 saturated carbocycles. The van der Waals surface area contributed by atoms with Crippen LogP contribution in [0.2, 0.25) is 5.02 Å². The number of carbonyl (C=O) groups is 1. The number of carbonyl (C=O) groups excluding carboxylic acids is 1. The summed E-state index contributed by atoms with van der Waals surface area (Å²) in [5.41, 5.74) is 4.42. The SMILES string of the molecule is Cn1c(SCC(=O)NN=CC=Cc2ccccc2)nnc1-c1cccc(Cl)c1. The monoisotopic (exact) mass is 411 g/mol. The van der Waals surface area contributed by atoms with Crippen molar-refractivity contribution in [2.75, 3.05) is 5.75 Å². The van der Waals surface area contributed by atoms with E-state index in [2.05, 4.69) is 20.7 Å². The van der Waals surface area contributed by atoms with Crippen LogP contribution in [0.1, 0.15) is 5.56 Å². The van der Waals surface area contributed by atoms with Crippen molar-refractivity contribution in [1.82, 2.24) is 20.2 Å². The van der Waals surface area contributed by atoms with Gasteiger partial charge in [0, 0.05) is 23.8 Å². The Balaban J connectivity index is 1.50. The fourth-order valence-corrected chi connectivity index (χ4v) is 3.25. The van der Waals surface area contributed by atoms with Crippen LogP contribution in [0.25, 0.3) is 17.5 Å². The second kappa shape index (κ2) is 9.87. The maximum absolute atomic E-state index is 11.9. The zero-order valence-electron chi connectivity index (χ0n) is 15.1. The lowest BCUT2D eigenvalue weighted by Gasteiger charge is -2.04. The maximum Gasteiger partial charge on any atom is 0.250 e. The lowest BCUT2D eigenvalue weighted by atomic mass is 10.2. The van der Waals surface area contributed by atoms with Crippen molar-refractivity contribution in [1.29, 1.82) is 0 Å². The molecule has 3 rings (SSSR count). The van der Waals surface area contributed by atoms with Crippen LogP contribution in [-0.2, 0) is 11.8 Å². The van der Waals surface area contributed by atoms with Crippen LogP contribution in [-0.4, -0.2) is 32.6 Å². The molecule has 1 N–H and O–H groups in total. The summed E-state index contributed by atoms with van der Waals surface area (Å²) >= 11 is 7.32. The minimum Gasteiger partial charge on any atom is -0.305 e. The second-order valence-corrected chi connectivity index (χ2v) is 7.13. The standard InChI is InChI=1S/C20H18ClN5OS/c1-26-19(16-10-5-11-17(21)13-16)24-25-20(26)28-14-18(27)23-22-12-6-9-15-7-3-2-4-8-15/h2-13H,14H2,1H3,(H,23,27). The maximum atomic E-state index is 11.9. The molecule has 1 heterocycles. The first-order chi connectivity index (χ1) is 13.6. The van der Waals surface area contributed by atoms with Gasteiger partial charge in [-0.15, -0.1) is 10.2 Å². The second-order valence-electron chi connectivity index (χ2n) is 5.75. The molecule has 1 amide bonds. The number of halogens is 1. The van der Waals surface area contributed by atoms with Crippen molar-refractivity contribution >= 4 is 41.6 Å². The highest BCUT2D eigenvalue weighted by molar-refractivity contribution is 7.99. The van der Waals surface area contributed by atoms with Gasteiger partial charge in [0.05, 0.1) is 5.75 Å². The molecule has 142 valence electrons. The molecule has 1 aromatic heterocycles. The first-order valence-corrected chi connectivity index (χ1v) is 9.81. The van der Waals surface area contributed by atoms with Crippen molar-refractivity contribution in [2.45, 2.75) is 5.16 Å². The van der Waals surface area contributed by atoms with Crippen molar-refractivity contribution < 1.29 is 4.79 Å². The van der Waals surface area contributed by atoms with Crippen molar-refractivity contribution in [3.63, 3.8) is 0 Å². The first-order valence-electron chi connectivity index (χ1n) is 8.45. The van der Waals surface area contributed by atoms with Crippen LogP contribution in [0.4, 0.5) is 0 Å². The van der Waals surface area contributed by atoms with E-state index in [1.165, 1.54) is 18.0 Å². The topological polar surface area (TPSA) is 72.2 Å². The Morgan fingerprint density at radius 2 is 2.04 bits per heavy atom. The molecule has 0 bridgehead atoms. The van der Waals surface area contributed by atoms with Crippen molar-refractivity contribution in [3.8, 4) is 11.4 Å². The van der Waals surface area contributed by atoms with Gasteiger partial charge in [-0.25, -0.2) is 5.43 Å². The van der Waals surface area contributed by atoms with E-state index in [0.29, 0.717) is 16.0 Å². The minimum atomic E-state index is -0.221. The van der Waals surface area contributed by atoms with E-state index in [9.17, 15) is 4.79 Å². The average molecular weight is 412 g/mol. The predicted octanol–water partition coefficient (Wildman–Crippen LogP) is 4.04. The van der Waals surface area contributed by atoms with Crippen molar-refractivity contribution in [3.05, 3.63) is 71.3 Å². The number of nitrogens with zero attached hydrogens (tertiary/aromatic N) is 4. The fourth-order valence-electron chi connectivity index (χ4n) is 2.35. The number of amides is 1. The molecule has 0 saturated heterocycles. The number of hydrogen-bond donors (Lipinski definition) is 1. The highest BCUT2D eigenvalue weighted by Gasteiger charge is 2.12. The molecule has 0 spiro atoms. The molecule has 0 unspecified atom stereocenters. The summed E-state index contributed by atoms with van der Waals surface area (Å²) in [6, 6.07) is 17.2. The quantitative estimate of drug-likeness (QED) is 0.361. The Labute approximate surface area is 172 Å². The van der Waals surface area contributed by atoms with Gasteiger partial charge in [0.25, 0.3) is 5.91 Å². The summed E-state index contributed by atoms with van der Waals surface area (Å²) in [5, 5.41) is 13.5. The van der Waals surface area contributed by atoms with E-state index in [-0.39, 0.29) is 11.7 Å². The average Bonchev–Trinajstić information content (AvgIpc) is 3.07. The molecule has 28 heavy (non-hydrogen) atoms. The molecule has 0 aliphatic rings. The van der Waals surface area contributed by atoms with Gasteiger partial charge in [0.15, 0.2) is 11.0 Å². The van der Waals surface area contributed by atoms with Gasteiger partial charge in [-0.05, 0) is 23.8 Å². The van der Waals surface area contributed by atoms with Gasteiger partial charge < -0.3 is 4.57 Å². The summed E-state index contributed by atoms with van der Waals surface area (Å²) in [4.78, 5) is 11.9. The Morgan fingerprint density at radius 3 is 2.82 bits per heavy atom. The summed E-state index contributed by atoms with van der Waals surface area (Å²) in [6.45, 7) is 0. The third-order valence-electron chi connectivity index (χ3n) is 3.69. The van der Waals surface area contributed by atoms with Gasteiger partial charge in [-0.1, -0.05) is 71.9 Å². The molecule has 3 aromatic rings. The highest BCUT2D eigenvalue weighted by Crippen LogP contribution is 2.24. The van der Waals surface area contributed by atoms with E-state index in [0.717, 1.165) is 11.1 Å². The van der Waals surface area contributed by atoms with E-state index in [1.54, 1.807) is 12.1 Å². The molecule has 0 atom stereocenters. The van der Waals surface area contributed by atoms with Crippen LogP contribution < -0.4 is 5.43 Å². The number of hydrazone groups is 1. The summed E-state index contributed by atoms with van der Waals surface area (Å²) < 4.78 is 1.83. The van der Waals surface area contributed by atoms with Gasteiger partial charge in [-0.2, -0.15) is 5.10 Å². The van der Waals surface area contributed by atoms with Crippen LogP contribution in [0.3, 0.4) is 0 Å². The van der Waals surface area contributed by atoms with E-state index in [4.69, 9.17) is 11.6 Å². The lowest BCUT2D eigenvalue weighted by Crippen LogP contribution is -2.19. The number of thioether (sulfide) groups is 1. The predicted molar refractivity (Wildman–Crippen MR) is 114 cm³/mol. The van der Waals surface area contributed by atoms with Crippen LogP contribution in [0.5, 0.6) is 0 Å². The molecule has 8 heteroatoms. The highest BCUT2D eigenvalue weighted by atomic mass is 35.5. The zero-order chi connectivity index (χ0) is 19.8. The van der Waals surface area contributed by atoms with Crippen LogP contribution in [0.15, 0.2) is 70.9 Å².